The number of nitrogens with one attached hydrogen (secondary N) is 2. The number of carbonyl (C=O) groups excluding carboxylic acids is 1. The number of aryl methyl sites for hydroxylation is 1. The molecule has 0 unspecified atom stereocenters. The van der Waals surface area contributed by atoms with Crippen LogP contribution in [-0.2, 0) is 4.79 Å². The summed E-state index contributed by atoms with van der Waals surface area (Å²) in [7, 11) is 0. The monoisotopic (exact) mass is 300 g/mol. The van der Waals surface area contributed by atoms with Crippen molar-refractivity contribution in [1.29, 1.82) is 0 Å². The topological polar surface area (TPSA) is 87.7 Å². The number of benzene rings is 2. The number of ether oxygens (including phenoxy) is 1. The van der Waals surface area contributed by atoms with Gasteiger partial charge >= 0.3 is 12.0 Å². The van der Waals surface area contributed by atoms with Gasteiger partial charge in [-0.25, -0.2) is 9.59 Å². The number of anilines is 2. The standard InChI is InChI=1S/C16H16N2O4/c1-11-4-2-5-12(8-11)17-16(21)18-13-6-3-7-14(9-13)22-10-15(19)20/h2-9H,10H2,1H3,(H,19,20)(H2,17,18,21). The van der Waals surface area contributed by atoms with Gasteiger partial charge in [-0.05, 0) is 36.8 Å². The van der Waals surface area contributed by atoms with Crippen LogP contribution in [0.4, 0.5) is 16.2 Å². The van der Waals surface area contributed by atoms with Crippen LogP contribution < -0.4 is 15.4 Å². The first-order valence-electron chi connectivity index (χ1n) is 6.62. The second-order valence-corrected chi connectivity index (χ2v) is 4.66. The molecule has 3 N–H and O–H groups in total. The number of rotatable bonds is 5. The van der Waals surface area contributed by atoms with E-state index in [-0.39, 0.29) is 6.03 Å². The van der Waals surface area contributed by atoms with E-state index < -0.39 is 12.6 Å². The van der Waals surface area contributed by atoms with E-state index >= 15 is 0 Å². The SMILES string of the molecule is Cc1cccc(NC(=O)Nc2cccc(OCC(=O)O)c2)c1. The van der Waals surface area contributed by atoms with E-state index in [9.17, 15) is 9.59 Å². The Morgan fingerprint density at radius 1 is 1.05 bits per heavy atom. The molecule has 0 saturated carbocycles. The Hall–Kier alpha value is -3.02. The van der Waals surface area contributed by atoms with Gasteiger partial charge in [0, 0.05) is 17.4 Å². The molecule has 6 heteroatoms. The summed E-state index contributed by atoms with van der Waals surface area (Å²) in [6, 6.07) is 13.6. The van der Waals surface area contributed by atoms with Gasteiger partial charge in [0.1, 0.15) is 5.75 Å². The highest BCUT2D eigenvalue weighted by atomic mass is 16.5. The van der Waals surface area contributed by atoms with E-state index in [2.05, 4.69) is 10.6 Å². The second-order valence-electron chi connectivity index (χ2n) is 4.66. The highest BCUT2D eigenvalue weighted by Gasteiger charge is 2.05. The van der Waals surface area contributed by atoms with Crippen molar-refractivity contribution in [2.45, 2.75) is 6.92 Å². The summed E-state index contributed by atoms with van der Waals surface area (Å²) >= 11 is 0. The Balaban J connectivity index is 1.96. The maximum Gasteiger partial charge on any atom is 0.341 e. The molecule has 22 heavy (non-hydrogen) atoms. The van der Waals surface area contributed by atoms with Gasteiger partial charge in [-0.3, -0.25) is 0 Å². The molecule has 0 bridgehead atoms. The molecule has 0 spiro atoms. The molecule has 2 rings (SSSR count). The van der Waals surface area contributed by atoms with E-state index in [0.29, 0.717) is 17.1 Å². The minimum absolute atomic E-state index is 0.371. The Labute approximate surface area is 127 Å². The summed E-state index contributed by atoms with van der Waals surface area (Å²) in [4.78, 5) is 22.4. The number of carbonyl (C=O) groups is 2. The molecular weight excluding hydrogens is 284 g/mol. The van der Waals surface area contributed by atoms with Gasteiger partial charge in [0.05, 0.1) is 0 Å². The Bertz CT molecular complexity index is 685. The largest absolute Gasteiger partial charge is 0.482 e. The molecule has 0 radical (unpaired) electrons. The number of carboxylic acid groups (broad SMARTS) is 1. The smallest absolute Gasteiger partial charge is 0.341 e. The molecule has 2 aromatic carbocycles. The lowest BCUT2D eigenvalue weighted by molar-refractivity contribution is -0.139. The number of carboxylic acids is 1. The molecule has 6 nitrogen and oxygen atoms in total. The highest BCUT2D eigenvalue weighted by Crippen LogP contribution is 2.18. The molecule has 0 fully saturated rings. The van der Waals surface area contributed by atoms with Crippen LogP contribution >= 0.6 is 0 Å². The minimum atomic E-state index is -1.06. The van der Waals surface area contributed by atoms with Gasteiger partial charge in [0.2, 0.25) is 0 Å². The molecule has 114 valence electrons. The van der Waals surface area contributed by atoms with Crippen LogP contribution in [0.3, 0.4) is 0 Å². The van der Waals surface area contributed by atoms with Gasteiger partial charge in [0.15, 0.2) is 6.61 Å². The van der Waals surface area contributed by atoms with Crippen LogP contribution in [0.2, 0.25) is 0 Å². The number of aliphatic carboxylic acids is 1. The van der Waals surface area contributed by atoms with Gasteiger partial charge in [-0.15, -0.1) is 0 Å². The van der Waals surface area contributed by atoms with Crippen LogP contribution in [-0.4, -0.2) is 23.7 Å². The average molecular weight is 300 g/mol. The second kappa shape index (κ2) is 7.12. The first-order chi connectivity index (χ1) is 10.5. The summed E-state index contributed by atoms with van der Waals surface area (Å²) in [6.07, 6.45) is 0. The van der Waals surface area contributed by atoms with Crippen LogP contribution in [0, 0.1) is 6.92 Å². The molecule has 0 aromatic heterocycles. The highest BCUT2D eigenvalue weighted by molar-refractivity contribution is 5.99. The number of hydrogen-bond donors (Lipinski definition) is 3. The van der Waals surface area contributed by atoms with Crippen molar-refractivity contribution in [3.05, 3.63) is 54.1 Å². The summed E-state index contributed by atoms with van der Waals surface area (Å²) in [5.41, 5.74) is 2.24. The first-order valence-corrected chi connectivity index (χ1v) is 6.62. The quantitative estimate of drug-likeness (QED) is 0.791. The van der Waals surface area contributed by atoms with Crippen LogP contribution in [0.15, 0.2) is 48.5 Å². The van der Waals surface area contributed by atoms with Crippen LogP contribution in [0.1, 0.15) is 5.56 Å². The fourth-order valence-electron chi connectivity index (χ4n) is 1.82. The Morgan fingerprint density at radius 2 is 1.68 bits per heavy atom. The van der Waals surface area contributed by atoms with E-state index in [1.54, 1.807) is 30.3 Å². The van der Waals surface area contributed by atoms with Gasteiger partial charge in [-0.2, -0.15) is 0 Å². The molecule has 0 aliphatic heterocycles. The fraction of sp³-hybridized carbons (Fsp3) is 0.125. The van der Waals surface area contributed by atoms with Gasteiger partial charge in [0.25, 0.3) is 0 Å². The summed E-state index contributed by atoms with van der Waals surface area (Å²) in [5, 5.41) is 13.9. The zero-order chi connectivity index (χ0) is 15.9. The van der Waals surface area contributed by atoms with E-state index in [4.69, 9.17) is 9.84 Å². The van der Waals surface area contributed by atoms with E-state index in [0.717, 1.165) is 5.56 Å². The molecule has 0 atom stereocenters. The molecule has 0 aliphatic carbocycles. The predicted molar refractivity (Wildman–Crippen MR) is 83.4 cm³/mol. The van der Waals surface area contributed by atoms with Crippen LogP contribution in [0.25, 0.3) is 0 Å². The molecule has 0 heterocycles. The molecule has 0 aliphatic rings. The Morgan fingerprint density at radius 3 is 2.32 bits per heavy atom. The van der Waals surface area contributed by atoms with Crippen molar-refractivity contribution in [3.63, 3.8) is 0 Å². The zero-order valence-corrected chi connectivity index (χ0v) is 12.0. The number of hydrogen-bond acceptors (Lipinski definition) is 3. The third kappa shape index (κ3) is 4.82. The molecule has 2 aromatic rings. The lowest BCUT2D eigenvalue weighted by atomic mass is 10.2. The van der Waals surface area contributed by atoms with Crippen molar-refractivity contribution < 1.29 is 19.4 Å². The van der Waals surface area contributed by atoms with Crippen LogP contribution in [0.5, 0.6) is 5.75 Å². The first kappa shape index (κ1) is 15.4. The van der Waals surface area contributed by atoms with Crippen molar-refractivity contribution in [1.82, 2.24) is 0 Å². The fourth-order valence-corrected chi connectivity index (χ4v) is 1.82. The van der Waals surface area contributed by atoms with Gasteiger partial charge in [-0.1, -0.05) is 18.2 Å². The summed E-state index contributed by atoms with van der Waals surface area (Å²) in [5.74, 6) is -0.689. The van der Waals surface area contributed by atoms with E-state index in [1.165, 1.54) is 0 Å². The zero-order valence-electron chi connectivity index (χ0n) is 12.0. The maximum absolute atomic E-state index is 11.9. The van der Waals surface area contributed by atoms with Crippen molar-refractivity contribution >= 4 is 23.4 Å². The van der Waals surface area contributed by atoms with Crippen molar-refractivity contribution in [2.75, 3.05) is 17.2 Å². The molecule has 2 amide bonds. The predicted octanol–water partition coefficient (Wildman–Crippen LogP) is 3.10. The average Bonchev–Trinajstić information content (AvgIpc) is 2.45. The molecular formula is C16H16N2O4. The summed E-state index contributed by atoms with van der Waals surface area (Å²) < 4.78 is 5.05. The van der Waals surface area contributed by atoms with Gasteiger partial charge < -0.3 is 20.5 Å². The lowest BCUT2D eigenvalue weighted by Crippen LogP contribution is -2.19. The molecule has 0 saturated heterocycles. The maximum atomic E-state index is 11.9. The third-order valence-electron chi connectivity index (χ3n) is 2.73. The third-order valence-corrected chi connectivity index (χ3v) is 2.73. The Kier molecular flexibility index (Phi) is 4.98. The minimum Gasteiger partial charge on any atom is -0.482 e. The normalized spacial score (nSPS) is 9.86. The number of urea groups is 1. The number of amides is 2. The van der Waals surface area contributed by atoms with Crippen molar-refractivity contribution in [2.24, 2.45) is 0 Å². The van der Waals surface area contributed by atoms with E-state index in [1.807, 2.05) is 25.1 Å². The van der Waals surface area contributed by atoms with Crippen molar-refractivity contribution in [3.8, 4) is 5.75 Å². The summed E-state index contributed by atoms with van der Waals surface area (Å²) in [6.45, 7) is 1.51. The lowest BCUT2D eigenvalue weighted by Gasteiger charge is -2.09.